The first-order valence-corrected chi connectivity index (χ1v) is 5.77. The Bertz CT molecular complexity index is 244. The fourth-order valence-electron chi connectivity index (χ4n) is 1.70. The molecule has 88 valence electrons. The van der Waals surface area contributed by atoms with Gasteiger partial charge in [-0.15, -0.1) is 0 Å². The van der Waals surface area contributed by atoms with Crippen molar-refractivity contribution in [3.8, 4) is 0 Å². The van der Waals surface area contributed by atoms with Crippen LogP contribution >= 0.6 is 0 Å². The van der Waals surface area contributed by atoms with E-state index in [0.717, 1.165) is 6.54 Å². The zero-order valence-electron chi connectivity index (χ0n) is 10.6. The summed E-state index contributed by atoms with van der Waals surface area (Å²) < 4.78 is 0. The molecule has 3 heteroatoms. The van der Waals surface area contributed by atoms with E-state index in [1.54, 1.807) is 7.05 Å². The summed E-state index contributed by atoms with van der Waals surface area (Å²) >= 11 is 0. The van der Waals surface area contributed by atoms with Crippen LogP contribution in [0, 0.1) is 10.8 Å². The summed E-state index contributed by atoms with van der Waals surface area (Å²) in [6, 6.07) is 0.501. The number of hydrogen-bond acceptors (Lipinski definition) is 2. The minimum absolute atomic E-state index is 0.100. The van der Waals surface area contributed by atoms with Gasteiger partial charge in [-0.05, 0) is 39.0 Å². The number of carbonyl (C=O) groups is 1. The zero-order valence-corrected chi connectivity index (χ0v) is 10.6. The van der Waals surface area contributed by atoms with Crippen LogP contribution in [0.25, 0.3) is 0 Å². The quantitative estimate of drug-likeness (QED) is 0.726. The highest BCUT2D eigenvalue weighted by atomic mass is 16.2. The molecule has 0 aromatic rings. The standard InChI is InChI=1S/C12H24N2O/c1-9(12(4)6-7-12)14-8-11(2,3)10(15)13-5/h9,14H,6-8H2,1-5H3,(H,13,15)/t9-/m0/s1. The molecule has 1 atom stereocenters. The molecule has 15 heavy (non-hydrogen) atoms. The molecular formula is C12H24N2O. The lowest BCUT2D eigenvalue weighted by molar-refractivity contribution is -0.128. The van der Waals surface area contributed by atoms with Crippen molar-refractivity contribution >= 4 is 5.91 Å². The van der Waals surface area contributed by atoms with Gasteiger partial charge in [-0.1, -0.05) is 6.92 Å². The van der Waals surface area contributed by atoms with Gasteiger partial charge in [-0.25, -0.2) is 0 Å². The van der Waals surface area contributed by atoms with Gasteiger partial charge in [0.25, 0.3) is 0 Å². The molecule has 1 aliphatic carbocycles. The summed E-state index contributed by atoms with van der Waals surface area (Å²) in [5.74, 6) is 0.100. The van der Waals surface area contributed by atoms with Crippen LogP contribution < -0.4 is 10.6 Å². The van der Waals surface area contributed by atoms with Crippen molar-refractivity contribution in [3.05, 3.63) is 0 Å². The third kappa shape index (κ3) is 2.94. The van der Waals surface area contributed by atoms with Gasteiger partial charge in [0.1, 0.15) is 0 Å². The largest absolute Gasteiger partial charge is 0.359 e. The maximum atomic E-state index is 11.6. The monoisotopic (exact) mass is 212 g/mol. The van der Waals surface area contributed by atoms with E-state index in [1.807, 2.05) is 13.8 Å². The first kappa shape index (κ1) is 12.5. The first-order valence-electron chi connectivity index (χ1n) is 5.77. The average Bonchev–Trinajstić information content (AvgIpc) is 2.93. The first-order chi connectivity index (χ1) is 6.82. The highest BCUT2D eigenvalue weighted by Gasteiger charge is 2.42. The summed E-state index contributed by atoms with van der Waals surface area (Å²) in [4.78, 5) is 11.6. The van der Waals surface area contributed by atoms with E-state index in [-0.39, 0.29) is 11.3 Å². The molecule has 0 unspecified atom stereocenters. The topological polar surface area (TPSA) is 41.1 Å². The molecule has 1 rings (SSSR count). The Labute approximate surface area is 93.0 Å². The molecule has 0 aromatic heterocycles. The average molecular weight is 212 g/mol. The molecule has 0 heterocycles. The fourth-order valence-corrected chi connectivity index (χ4v) is 1.70. The molecule has 0 bridgehead atoms. The third-order valence-corrected chi connectivity index (χ3v) is 3.78. The van der Waals surface area contributed by atoms with Crippen molar-refractivity contribution in [2.75, 3.05) is 13.6 Å². The Morgan fingerprint density at radius 2 is 2.00 bits per heavy atom. The van der Waals surface area contributed by atoms with Crippen molar-refractivity contribution < 1.29 is 4.79 Å². The van der Waals surface area contributed by atoms with Gasteiger partial charge in [0.05, 0.1) is 5.41 Å². The molecule has 0 aromatic carbocycles. The van der Waals surface area contributed by atoms with Crippen molar-refractivity contribution in [1.82, 2.24) is 10.6 Å². The highest BCUT2D eigenvalue weighted by molar-refractivity contribution is 5.81. The van der Waals surface area contributed by atoms with Gasteiger partial charge in [-0.3, -0.25) is 4.79 Å². The van der Waals surface area contributed by atoms with Gasteiger partial charge in [-0.2, -0.15) is 0 Å². The summed E-state index contributed by atoms with van der Waals surface area (Å²) in [5.41, 5.74) is 0.146. The third-order valence-electron chi connectivity index (χ3n) is 3.78. The van der Waals surface area contributed by atoms with E-state index in [2.05, 4.69) is 24.5 Å². The normalized spacial score (nSPS) is 20.9. The summed E-state index contributed by atoms with van der Waals surface area (Å²) in [6.07, 6.45) is 2.61. The van der Waals surface area contributed by atoms with Crippen LogP contribution in [0.4, 0.5) is 0 Å². The molecule has 1 aliphatic rings. The number of carbonyl (C=O) groups excluding carboxylic acids is 1. The second kappa shape index (κ2) is 4.12. The zero-order chi connectivity index (χ0) is 11.7. The number of rotatable bonds is 5. The Balaban J connectivity index is 2.38. The lowest BCUT2D eigenvalue weighted by Gasteiger charge is -2.28. The van der Waals surface area contributed by atoms with E-state index < -0.39 is 0 Å². The Morgan fingerprint density at radius 1 is 1.47 bits per heavy atom. The fraction of sp³-hybridized carbons (Fsp3) is 0.917. The number of nitrogens with one attached hydrogen (secondary N) is 2. The maximum Gasteiger partial charge on any atom is 0.226 e. The van der Waals surface area contributed by atoms with E-state index >= 15 is 0 Å². The van der Waals surface area contributed by atoms with Crippen molar-refractivity contribution in [1.29, 1.82) is 0 Å². The second-order valence-electron chi connectivity index (χ2n) is 5.72. The minimum Gasteiger partial charge on any atom is -0.359 e. The van der Waals surface area contributed by atoms with Crippen LogP contribution in [-0.2, 0) is 4.79 Å². The number of hydrogen-bond donors (Lipinski definition) is 2. The Morgan fingerprint density at radius 3 is 2.40 bits per heavy atom. The molecule has 1 saturated carbocycles. The molecular weight excluding hydrogens is 188 g/mol. The smallest absolute Gasteiger partial charge is 0.226 e. The van der Waals surface area contributed by atoms with Gasteiger partial charge < -0.3 is 10.6 Å². The van der Waals surface area contributed by atoms with Crippen LogP contribution in [-0.4, -0.2) is 25.5 Å². The Hall–Kier alpha value is -0.570. The lowest BCUT2D eigenvalue weighted by Crippen LogP contribution is -2.46. The summed E-state index contributed by atoms with van der Waals surface area (Å²) in [7, 11) is 1.69. The summed E-state index contributed by atoms with van der Waals surface area (Å²) in [6.45, 7) is 9.20. The van der Waals surface area contributed by atoms with Crippen LogP contribution in [0.1, 0.15) is 40.5 Å². The van der Waals surface area contributed by atoms with Crippen LogP contribution in [0.5, 0.6) is 0 Å². The predicted molar refractivity (Wildman–Crippen MR) is 62.7 cm³/mol. The predicted octanol–water partition coefficient (Wildman–Crippen LogP) is 1.54. The van der Waals surface area contributed by atoms with Gasteiger partial charge in [0.2, 0.25) is 5.91 Å². The van der Waals surface area contributed by atoms with Gasteiger partial charge in [0, 0.05) is 19.6 Å². The van der Waals surface area contributed by atoms with Crippen molar-refractivity contribution in [2.45, 2.75) is 46.6 Å². The highest BCUT2D eigenvalue weighted by Crippen LogP contribution is 2.48. The Kier molecular flexibility index (Phi) is 3.44. The van der Waals surface area contributed by atoms with Crippen LogP contribution in [0.3, 0.4) is 0 Å². The molecule has 1 fully saturated rings. The second-order valence-corrected chi connectivity index (χ2v) is 5.72. The van der Waals surface area contributed by atoms with E-state index in [1.165, 1.54) is 12.8 Å². The van der Waals surface area contributed by atoms with Crippen molar-refractivity contribution in [3.63, 3.8) is 0 Å². The molecule has 0 saturated heterocycles. The molecule has 0 spiro atoms. The van der Waals surface area contributed by atoms with E-state index in [0.29, 0.717) is 11.5 Å². The van der Waals surface area contributed by atoms with Crippen LogP contribution in [0.15, 0.2) is 0 Å². The molecule has 3 nitrogen and oxygen atoms in total. The van der Waals surface area contributed by atoms with Gasteiger partial charge in [0.15, 0.2) is 0 Å². The number of amides is 1. The SMILES string of the molecule is CNC(=O)C(C)(C)CN[C@@H](C)C1(C)CC1. The minimum atomic E-state index is -0.325. The van der Waals surface area contributed by atoms with Crippen LogP contribution in [0.2, 0.25) is 0 Å². The van der Waals surface area contributed by atoms with E-state index in [4.69, 9.17) is 0 Å². The molecule has 0 radical (unpaired) electrons. The maximum absolute atomic E-state index is 11.6. The lowest BCUT2D eigenvalue weighted by atomic mass is 9.91. The summed E-state index contributed by atoms with van der Waals surface area (Å²) in [5, 5.41) is 6.18. The molecule has 1 amide bonds. The van der Waals surface area contributed by atoms with E-state index in [9.17, 15) is 4.79 Å². The van der Waals surface area contributed by atoms with Gasteiger partial charge >= 0.3 is 0 Å². The molecule has 0 aliphatic heterocycles. The molecule has 2 N–H and O–H groups in total. The van der Waals surface area contributed by atoms with Crippen molar-refractivity contribution in [2.24, 2.45) is 10.8 Å².